The molecule has 0 radical (unpaired) electrons. The first-order valence-electron chi connectivity index (χ1n) is 6.09. The van der Waals surface area contributed by atoms with E-state index in [1.807, 2.05) is 0 Å². The molecule has 0 aliphatic rings. The van der Waals surface area contributed by atoms with Crippen molar-refractivity contribution >= 4 is 5.97 Å². The van der Waals surface area contributed by atoms with Gasteiger partial charge < -0.3 is 10.1 Å². The highest BCUT2D eigenvalue weighted by molar-refractivity contribution is 5.72. The molecule has 0 saturated heterocycles. The van der Waals surface area contributed by atoms with E-state index >= 15 is 0 Å². The summed E-state index contributed by atoms with van der Waals surface area (Å²) in [7, 11) is 0. The normalized spacial score (nSPS) is 13.2. The molecule has 5 heteroatoms. The maximum atomic E-state index is 13.1. The van der Waals surface area contributed by atoms with Crippen molar-refractivity contribution in [1.82, 2.24) is 5.32 Å². The van der Waals surface area contributed by atoms with Crippen LogP contribution in [0.15, 0.2) is 18.2 Å². The van der Waals surface area contributed by atoms with Crippen molar-refractivity contribution in [3.05, 3.63) is 35.4 Å². The van der Waals surface area contributed by atoms with Gasteiger partial charge in [-0.1, -0.05) is 6.07 Å². The number of esters is 1. The summed E-state index contributed by atoms with van der Waals surface area (Å²) in [6, 6.07) is 3.38. The maximum Gasteiger partial charge on any atom is 0.320 e. The third kappa shape index (κ3) is 5.34. The van der Waals surface area contributed by atoms with Crippen LogP contribution in [-0.2, 0) is 9.53 Å². The first kappa shape index (κ1) is 15.6. The van der Waals surface area contributed by atoms with Crippen molar-refractivity contribution in [2.45, 2.75) is 39.3 Å². The molecule has 3 nitrogen and oxygen atoms in total. The molecule has 1 N–H and O–H groups in total. The van der Waals surface area contributed by atoms with Crippen LogP contribution in [0, 0.1) is 11.6 Å². The summed E-state index contributed by atoms with van der Waals surface area (Å²) in [5.74, 6) is -2.17. The third-order valence-electron chi connectivity index (χ3n) is 2.42. The van der Waals surface area contributed by atoms with E-state index < -0.39 is 17.2 Å². The zero-order valence-electron chi connectivity index (χ0n) is 11.6. The predicted molar refractivity (Wildman–Crippen MR) is 68.6 cm³/mol. The van der Waals surface area contributed by atoms with Gasteiger partial charge >= 0.3 is 5.97 Å². The minimum Gasteiger partial charge on any atom is -0.459 e. The van der Waals surface area contributed by atoms with Gasteiger partial charge in [-0.3, -0.25) is 4.79 Å². The Balaban J connectivity index is 2.53. The SMILES string of the molecule is CC(NCC(=O)OC(C)(C)C)c1ccc(F)c(F)c1. The van der Waals surface area contributed by atoms with Gasteiger partial charge in [0.05, 0.1) is 6.54 Å². The zero-order valence-corrected chi connectivity index (χ0v) is 11.6. The molecule has 0 spiro atoms. The van der Waals surface area contributed by atoms with Gasteiger partial charge in [-0.05, 0) is 45.4 Å². The van der Waals surface area contributed by atoms with E-state index in [9.17, 15) is 13.6 Å². The predicted octanol–water partition coefficient (Wildman–Crippen LogP) is 2.96. The van der Waals surface area contributed by atoms with Gasteiger partial charge in [-0.2, -0.15) is 0 Å². The number of rotatable bonds is 4. The fraction of sp³-hybridized carbons (Fsp3) is 0.500. The fourth-order valence-corrected chi connectivity index (χ4v) is 1.51. The smallest absolute Gasteiger partial charge is 0.320 e. The molecule has 19 heavy (non-hydrogen) atoms. The van der Waals surface area contributed by atoms with E-state index in [0.717, 1.165) is 12.1 Å². The average molecular weight is 271 g/mol. The van der Waals surface area contributed by atoms with Gasteiger partial charge in [-0.25, -0.2) is 8.78 Å². The Bertz CT molecular complexity index is 455. The van der Waals surface area contributed by atoms with Crippen LogP contribution in [-0.4, -0.2) is 18.1 Å². The van der Waals surface area contributed by atoms with Gasteiger partial charge in [0, 0.05) is 6.04 Å². The molecule has 1 aromatic rings. The zero-order chi connectivity index (χ0) is 14.6. The van der Waals surface area contributed by atoms with E-state index in [0.29, 0.717) is 5.56 Å². The van der Waals surface area contributed by atoms with Gasteiger partial charge in [-0.15, -0.1) is 0 Å². The Morgan fingerprint density at radius 3 is 2.47 bits per heavy atom. The summed E-state index contributed by atoms with van der Waals surface area (Å²) >= 11 is 0. The molecule has 1 rings (SSSR count). The highest BCUT2D eigenvalue weighted by atomic mass is 19.2. The first-order valence-corrected chi connectivity index (χ1v) is 6.09. The Kier molecular flexibility index (Phi) is 5.00. The van der Waals surface area contributed by atoms with Crippen LogP contribution in [0.4, 0.5) is 8.78 Å². The number of ether oxygens (including phenoxy) is 1. The van der Waals surface area contributed by atoms with Crippen LogP contribution in [0.5, 0.6) is 0 Å². The summed E-state index contributed by atoms with van der Waals surface area (Å²) in [4.78, 5) is 11.5. The molecule has 0 aliphatic carbocycles. The number of halogens is 2. The summed E-state index contributed by atoms with van der Waals surface area (Å²) in [5.41, 5.74) is 0.0340. The number of hydrogen-bond acceptors (Lipinski definition) is 3. The van der Waals surface area contributed by atoms with Crippen molar-refractivity contribution in [1.29, 1.82) is 0 Å². The van der Waals surface area contributed by atoms with Gasteiger partial charge in [0.1, 0.15) is 5.60 Å². The Hall–Kier alpha value is -1.49. The molecule has 0 amide bonds. The molecule has 1 aromatic carbocycles. The Labute approximate surface area is 112 Å². The number of hydrogen-bond donors (Lipinski definition) is 1. The summed E-state index contributed by atoms with van der Waals surface area (Å²) in [6.07, 6.45) is 0. The quantitative estimate of drug-likeness (QED) is 0.856. The van der Waals surface area contributed by atoms with E-state index in [1.54, 1.807) is 27.7 Å². The van der Waals surface area contributed by atoms with Crippen molar-refractivity contribution in [3.8, 4) is 0 Å². The lowest BCUT2D eigenvalue weighted by Crippen LogP contribution is -2.32. The monoisotopic (exact) mass is 271 g/mol. The molecule has 1 unspecified atom stereocenters. The molecule has 0 aliphatic heterocycles. The highest BCUT2D eigenvalue weighted by Crippen LogP contribution is 2.16. The van der Waals surface area contributed by atoms with Gasteiger partial charge in [0.15, 0.2) is 11.6 Å². The molecule has 0 saturated carbocycles. The summed E-state index contributed by atoms with van der Waals surface area (Å²) in [5, 5.41) is 2.90. The van der Waals surface area contributed by atoms with Crippen LogP contribution >= 0.6 is 0 Å². The van der Waals surface area contributed by atoms with Gasteiger partial charge in [0.25, 0.3) is 0 Å². The molecule has 0 aromatic heterocycles. The van der Waals surface area contributed by atoms with E-state index in [1.165, 1.54) is 6.07 Å². The molecule has 106 valence electrons. The van der Waals surface area contributed by atoms with E-state index in [2.05, 4.69) is 5.32 Å². The van der Waals surface area contributed by atoms with Crippen LogP contribution in [0.25, 0.3) is 0 Å². The lowest BCUT2D eigenvalue weighted by Gasteiger charge is -2.21. The fourth-order valence-electron chi connectivity index (χ4n) is 1.51. The summed E-state index contributed by atoms with van der Waals surface area (Å²) in [6.45, 7) is 7.12. The van der Waals surface area contributed by atoms with Crippen molar-refractivity contribution in [2.75, 3.05) is 6.54 Å². The maximum absolute atomic E-state index is 13.1. The van der Waals surface area contributed by atoms with Crippen LogP contribution < -0.4 is 5.32 Å². The standard InChI is InChI=1S/C14H19F2NO2/c1-9(10-5-6-11(15)12(16)7-10)17-8-13(18)19-14(2,3)4/h5-7,9,17H,8H2,1-4H3. The third-order valence-corrected chi connectivity index (χ3v) is 2.42. The number of nitrogens with one attached hydrogen (secondary N) is 1. The Morgan fingerprint density at radius 2 is 1.95 bits per heavy atom. The van der Waals surface area contributed by atoms with Crippen molar-refractivity contribution in [2.24, 2.45) is 0 Å². The minimum absolute atomic E-state index is 0.0113. The second kappa shape index (κ2) is 6.10. The molecular weight excluding hydrogens is 252 g/mol. The summed E-state index contributed by atoms with van der Waals surface area (Å²) < 4.78 is 31.0. The number of carbonyl (C=O) groups excluding carboxylic acids is 1. The first-order chi connectivity index (χ1) is 8.69. The minimum atomic E-state index is -0.900. The number of benzene rings is 1. The van der Waals surface area contributed by atoms with Gasteiger partial charge in [0.2, 0.25) is 0 Å². The van der Waals surface area contributed by atoms with E-state index in [-0.39, 0.29) is 18.6 Å². The molecule has 1 atom stereocenters. The van der Waals surface area contributed by atoms with Crippen molar-refractivity contribution in [3.63, 3.8) is 0 Å². The Morgan fingerprint density at radius 1 is 1.32 bits per heavy atom. The molecule has 0 bridgehead atoms. The van der Waals surface area contributed by atoms with Crippen LogP contribution in [0.1, 0.15) is 39.3 Å². The molecule has 0 fully saturated rings. The lowest BCUT2D eigenvalue weighted by molar-refractivity contribution is -0.153. The van der Waals surface area contributed by atoms with Crippen LogP contribution in [0.2, 0.25) is 0 Å². The van der Waals surface area contributed by atoms with Crippen molar-refractivity contribution < 1.29 is 18.3 Å². The molecular formula is C14H19F2NO2. The lowest BCUT2D eigenvalue weighted by atomic mass is 10.1. The van der Waals surface area contributed by atoms with E-state index in [4.69, 9.17) is 4.74 Å². The second-order valence-corrected chi connectivity index (χ2v) is 5.36. The van der Waals surface area contributed by atoms with Crippen LogP contribution in [0.3, 0.4) is 0 Å². The molecule has 0 heterocycles. The number of carbonyl (C=O) groups is 1. The topological polar surface area (TPSA) is 38.3 Å². The second-order valence-electron chi connectivity index (χ2n) is 5.36. The highest BCUT2D eigenvalue weighted by Gasteiger charge is 2.17. The average Bonchev–Trinajstić information content (AvgIpc) is 2.27. The largest absolute Gasteiger partial charge is 0.459 e.